The van der Waals surface area contributed by atoms with E-state index < -0.39 is 6.03 Å². The number of urea groups is 1. The molecule has 34 heavy (non-hydrogen) atoms. The zero-order valence-corrected chi connectivity index (χ0v) is 18.8. The number of amides is 4. The van der Waals surface area contributed by atoms with Gasteiger partial charge in [-0.3, -0.25) is 19.4 Å². The van der Waals surface area contributed by atoms with Crippen LogP contribution in [0.1, 0.15) is 16.7 Å². The first-order valence-electron chi connectivity index (χ1n) is 10.9. The van der Waals surface area contributed by atoms with Crippen molar-refractivity contribution in [3.05, 3.63) is 95.3 Å². The first-order chi connectivity index (χ1) is 16.4. The molecule has 174 valence electrons. The van der Waals surface area contributed by atoms with E-state index in [0.717, 1.165) is 16.7 Å². The molecule has 0 unspecified atom stereocenters. The lowest BCUT2D eigenvalue weighted by molar-refractivity contribution is -0.123. The van der Waals surface area contributed by atoms with E-state index in [1.165, 1.54) is 21.9 Å². The molecule has 0 atom stereocenters. The summed E-state index contributed by atoms with van der Waals surface area (Å²) in [6.45, 7) is 2.20. The minimum atomic E-state index is -0.450. The molecule has 3 aromatic rings. The average molecular weight is 461 g/mol. The van der Waals surface area contributed by atoms with Crippen LogP contribution in [-0.2, 0) is 22.7 Å². The minimum absolute atomic E-state index is 0.146. The van der Waals surface area contributed by atoms with Gasteiger partial charge < -0.3 is 10.6 Å². The molecule has 0 radical (unpaired) electrons. The highest BCUT2D eigenvalue weighted by molar-refractivity contribution is 6.12. The Balaban J connectivity index is 1.42. The summed E-state index contributed by atoms with van der Waals surface area (Å²) in [5, 5.41) is 5.60. The Bertz CT molecular complexity index is 1200. The molecule has 0 aliphatic carbocycles. The number of nitrogens with one attached hydrogen (secondary N) is 2. The van der Waals surface area contributed by atoms with E-state index in [0.29, 0.717) is 17.9 Å². The Morgan fingerprint density at radius 1 is 0.853 bits per heavy atom. The Kier molecular flexibility index (Phi) is 6.87. The van der Waals surface area contributed by atoms with Crippen LogP contribution < -0.4 is 20.4 Å². The Labute approximate surface area is 197 Å². The fourth-order valence-corrected chi connectivity index (χ4v) is 3.70. The van der Waals surface area contributed by atoms with E-state index in [-0.39, 0.29) is 37.3 Å². The van der Waals surface area contributed by atoms with Crippen LogP contribution in [0.2, 0.25) is 0 Å². The molecule has 1 aliphatic rings. The number of fused-ring (bicyclic) bond motifs is 1. The topological polar surface area (TPSA) is 81.8 Å². The highest BCUT2D eigenvalue weighted by Crippen LogP contribution is 2.33. The molecule has 4 amide bonds. The SMILES string of the molecule is Cc1ccc(CNC(=O)CN2C(=O)CN(C(=O)NCc3ccc(F)cc3)c3ccccc32)cc1. The largest absolute Gasteiger partial charge is 0.350 e. The lowest BCUT2D eigenvalue weighted by Crippen LogP contribution is -2.53. The summed E-state index contributed by atoms with van der Waals surface area (Å²) in [4.78, 5) is 41.1. The summed E-state index contributed by atoms with van der Waals surface area (Å²) in [5.74, 6) is -1.01. The first-order valence-corrected chi connectivity index (χ1v) is 10.9. The molecule has 3 aromatic carbocycles. The van der Waals surface area contributed by atoms with Crippen molar-refractivity contribution in [3.63, 3.8) is 0 Å². The number of para-hydroxylation sites is 2. The zero-order chi connectivity index (χ0) is 24.1. The van der Waals surface area contributed by atoms with Crippen molar-refractivity contribution in [1.82, 2.24) is 10.6 Å². The standard InChI is InChI=1S/C26H25FN4O3/c1-18-6-8-19(9-7-18)14-28-24(32)16-30-22-4-2-3-5-23(22)31(17-25(30)33)26(34)29-15-20-10-12-21(27)13-11-20/h2-13H,14-17H2,1H3,(H,28,32)(H,29,34). The zero-order valence-electron chi connectivity index (χ0n) is 18.8. The average Bonchev–Trinajstić information content (AvgIpc) is 2.84. The fourth-order valence-electron chi connectivity index (χ4n) is 3.70. The Morgan fingerprint density at radius 3 is 2.12 bits per heavy atom. The maximum atomic E-state index is 13.1. The quantitative estimate of drug-likeness (QED) is 0.591. The number of carbonyl (C=O) groups excluding carboxylic acids is 3. The van der Waals surface area contributed by atoms with E-state index in [1.54, 1.807) is 36.4 Å². The summed E-state index contributed by atoms with van der Waals surface area (Å²) in [7, 11) is 0. The number of nitrogens with zero attached hydrogens (tertiary/aromatic N) is 2. The van der Waals surface area contributed by atoms with E-state index in [1.807, 2.05) is 31.2 Å². The molecular formula is C26H25FN4O3. The Morgan fingerprint density at radius 2 is 1.44 bits per heavy atom. The van der Waals surface area contributed by atoms with E-state index in [4.69, 9.17) is 0 Å². The van der Waals surface area contributed by atoms with Crippen molar-refractivity contribution < 1.29 is 18.8 Å². The van der Waals surface area contributed by atoms with Crippen molar-refractivity contribution in [2.24, 2.45) is 0 Å². The molecule has 1 aliphatic heterocycles. The number of hydrogen-bond acceptors (Lipinski definition) is 3. The second-order valence-electron chi connectivity index (χ2n) is 8.10. The molecule has 2 N–H and O–H groups in total. The van der Waals surface area contributed by atoms with Crippen molar-refractivity contribution in [2.75, 3.05) is 22.9 Å². The number of halogens is 1. The molecule has 0 bridgehead atoms. The van der Waals surface area contributed by atoms with Gasteiger partial charge in [-0.1, -0.05) is 54.1 Å². The maximum absolute atomic E-state index is 13.1. The van der Waals surface area contributed by atoms with Gasteiger partial charge in [-0.05, 0) is 42.3 Å². The van der Waals surface area contributed by atoms with Crippen molar-refractivity contribution in [2.45, 2.75) is 20.0 Å². The number of anilines is 2. The minimum Gasteiger partial charge on any atom is -0.350 e. The number of carbonyl (C=O) groups is 3. The number of hydrogen-bond donors (Lipinski definition) is 2. The molecule has 0 aromatic heterocycles. The molecule has 0 saturated heterocycles. The van der Waals surface area contributed by atoms with Crippen molar-refractivity contribution >= 4 is 29.2 Å². The van der Waals surface area contributed by atoms with Gasteiger partial charge in [-0.15, -0.1) is 0 Å². The van der Waals surface area contributed by atoms with Crippen LogP contribution in [0.25, 0.3) is 0 Å². The van der Waals surface area contributed by atoms with E-state index >= 15 is 0 Å². The molecule has 0 saturated carbocycles. The number of benzene rings is 3. The van der Waals surface area contributed by atoms with Crippen molar-refractivity contribution in [3.8, 4) is 0 Å². The number of rotatable bonds is 6. The summed E-state index contributed by atoms with van der Waals surface area (Å²) >= 11 is 0. The second-order valence-corrected chi connectivity index (χ2v) is 8.10. The molecule has 0 fully saturated rings. The third-order valence-electron chi connectivity index (χ3n) is 5.57. The van der Waals surface area contributed by atoms with Crippen LogP contribution in [-0.4, -0.2) is 30.9 Å². The van der Waals surface area contributed by atoms with Gasteiger partial charge in [0.25, 0.3) is 0 Å². The van der Waals surface area contributed by atoms with Crippen LogP contribution >= 0.6 is 0 Å². The molecule has 7 nitrogen and oxygen atoms in total. The molecule has 4 rings (SSSR count). The number of aryl methyl sites for hydroxylation is 1. The van der Waals surface area contributed by atoms with Gasteiger partial charge in [0, 0.05) is 13.1 Å². The molecule has 8 heteroatoms. The summed E-state index contributed by atoms with van der Waals surface area (Å²) < 4.78 is 13.1. The van der Waals surface area contributed by atoms with Crippen LogP contribution in [0.4, 0.5) is 20.6 Å². The van der Waals surface area contributed by atoms with Crippen LogP contribution in [0.5, 0.6) is 0 Å². The summed E-state index contributed by atoms with van der Waals surface area (Å²) in [5.41, 5.74) is 3.86. The normalized spacial score (nSPS) is 12.8. The highest BCUT2D eigenvalue weighted by atomic mass is 19.1. The predicted molar refractivity (Wildman–Crippen MR) is 128 cm³/mol. The maximum Gasteiger partial charge on any atom is 0.322 e. The molecule has 1 heterocycles. The van der Waals surface area contributed by atoms with Gasteiger partial charge in [0.15, 0.2) is 0 Å². The van der Waals surface area contributed by atoms with Crippen LogP contribution in [0.3, 0.4) is 0 Å². The third-order valence-corrected chi connectivity index (χ3v) is 5.57. The molecular weight excluding hydrogens is 435 g/mol. The van der Waals surface area contributed by atoms with Gasteiger partial charge in [-0.2, -0.15) is 0 Å². The fraction of sp³-hybridized carbons (Fsp3) is 0.192. The monoisotopic (exact) mass is 460 g/mol. The summed E-state index contributed by atoms with van der Waals surface area (Å²) in [6, 6.07) is 20.2. The van der Waals surface area contributed by atoms with Gasteiger partial charge in [-0.25, -0.2) is 9.18 Å². The lowest BCUT2D eigenvalue weighted by atomic mass is 10.1. The second kappa shape index (κ2) is 10.2. The van der Waals surface area contributed by atoms with Crippen LogP contribution in [0.15, 0.2) is 72.8 Å². The first kappa shape index (κ1) is 23.0. The predicted octanol–water partition coefficient (Wildman–Crippen LogP) is 3.51. The van der Waals surface area contributed by atoms with Crippen LogP contribution in [0, 0.1) is 12.7 Å². The third kappa shape index (κ3) is 5.40. The lowest BCUT2D eigenvalue weighted by Gasteiger charge is -2.35. The van der Waals surface area contributed by atoms with Gasteiger partial charge in [0.05, 0.1) is 11.4 Å². The highest BCUT2D eigenvalue weighted by Gasteiger charge is 2.33. The van der Waals surface area contributed by atoms with Gasteiger partial charge in [0.2, 0.25) is 11.8 Å². The molecule has 0 spiro atoms. The van der Waals surface area contributed by atoms with Crippen molar-refractivity contribution in [1.29, 1.82) is 0 Å². The van der Waals surface area contributed by atoms with E-state index in [9.17, 15) is 18.8 Å². The Hall–Kier alpha value is -4.20. The van der Waals surface area contributed by atoms with E-state index in [2.05, 4.69) is 10.6 Å². The summed E-state index contributed by atoms with van der Waals surface area (Å²) in [6.07, 6.45) is 0. The van der Waals surface area contributed by atoms with Gasteiger partial charge >= 0.3 is 6.03 Å². The van der Waals surface area contributed by atoms with Gasteiger partial charge in [0.1, 0.15) is 18.9 Å². The smallest absolute Gasteiger partial charge is 0.322 e.